The molecule has 0 saturated carbocycles. The van der Waals surface area contributed by atoms with Gasteiger partial charge in [-0.3, -0.25) is 14.4 Å². The number of carbonyl (C=O) groups excluding carboxylic acids is 3. The van der Waals surface area contributed by atoms with E-state index in [2.05, 4.69) is 36.0 Å². The summed E-state index contributed by atoms with van der Waals surface area (Å²) < 4.78 is 11.8. The predicted octanol–water partition coefficient (Wildman–Crippen LogP) is 2.44. The molecule has 2 amide bonds. The van der Waals surface area contributed by atoms with Crippen molar-refractivity contribution < 1.29 is 29.0 Å². The summed E-state index contributed by atoms with van der Waals surface area (Å²) in [5, 5.41) is 10.1. The van der Waals surface area contributed by atoms with Gasteiger partial charge in [0.25, 0.3) is 0 Å². The van der Waals surface area contributed by atoms with Crippen LogP contribution in [0.4, 0.5) is 0 Å². The van der Waals surface area contributed by atoms with Gasteiger partial charge < -0.3 is 24.4 Å². The number of esters is 1. The van der Waals surface area contributed by atoms with Crippen molar-refractivity contribution in [2.45, 2.75) is 81.1 Å². The van der Waals surface area contributed by atoms with Crippen molar-refractivity contribution in [1.82, 2.24) is 9.80 Å². The number of hydrogen-bond donors (Lipinski definition) is 1. The third-order valence-electron chi connectivity index (χ3n) is 7.50. The van der Waals surface area contributed by atoms with Crippen LogP contribution in [0.5, 0.6) is 0 Å². The summed E-state index contributed by atoms with van der Waals surface area (Å²) in [6, 6.07) is -1.57. The van der Waals surface area contributed by atoms with Crippen LogP contribution in [0.3, 0.4) is 0 Å². The molecule has 0 aromatic rings. The maximum absolute atomic E-state index is 14.2. The number of amides is 2. The van der Waals surface area contributed by atoms with Gasteiger partial charge in [0.1, 0.15) is 18.2 Å². The second-order valence-corrected chi connectivity index (χ2v) is 10.7. The highest BCUT2D eigenvalue weighted by Gasteiger charge is 2.77. The lowest BCUT2D eigenvalue weighted by atomic mass is 9.70. The molecule has 8 atom stereocenters. The average molecular weight is 541 g/mol. The Morgan fingerprint density at radius 2 is 2.09 bits per heavy atom. The van der Waals surface area contributed by atoms with Crippen LogP contribution in [-0.2, 0) is 23.9 Å². The van der Waals surface area contributed by atoms with Crippen LogP contribution in [0.1, 0.15) is 46.5 Å². The summed E-state index contributed by atoms with van der Waals surface area (Å²) in [7, 11) is 0. The molecule has 0 aromatic heterocycles. The lowest BCUT2D eigenvalue weighted by molar-refractivity contribution is -0.156. The third-order valence-corrected chi connectivity index (χ3v) is 8.34. The molecule has 0 aliphatic carbocycles. The molecule has 0 aromatic carbocycles. The fraction of sp³-hybridized carbons (Fsp3) is 0.720. The van der Waals surface area contributed by atoms with Gasteiger partial charge in [0, 0.05) is 17.4 Å². The van der Waals surface area contributed by atoms with Gasteiger partial charge in [0.05, 0.1) is 30.6 Å². The zero-order chi connectivity index (χ0) is 25.2. The van der Waals surface area contributed by atoms with Crippen LogP contribution in [-0.4, -0.2) is 87.1 Å². The monoisotopic (exact) mass is 540 g/mol. The van der Waals surface area contributed by atoms with Gasteiger partial charge in [-0.2, -0.15) is 0 Å². The number of aliphatic hydroxyl groups excluding tert-OH is 1. The number of nitrogens with zero attached hydrogens (tertiary/aromatic N) is 2. The molecule has 3 heterocycles. The second kappa shape index (κ2) is 10.9. The van der Waals surface area contributed by atoms with Gasteiger partial charge in [-0.15, -0.1) is 6.58 Å². The van der Waals surface area contributed by atoms with E-state index in [1.165, 1.54) is 11.0 Å². The molecule has 2 bridgehead atoms. The average Bonchev–Trinajstić information content (AvgIpc) is 3.40. The summed E-state index contributed by atoms with van der Waals surface area (Å²) in [6.07, 6.45) is 5.17. The molecule has 3 rings (SSSR count). The van der Waals surface area contributed by atoms with Crippen LogP contribution in [0.25, 0.3) is 0 Å². The summed E-state index contributed by atoms with van der Waals surface area (Å²) in [5.74, 6) is -2.76. The normalized spacial score (nSPS) is 33.4. The van der Waals surface area contributed by atoms with Crippen molar-refractivity contribution in [3.05, 3.63) is 25.3 Å². The van der Waals surface area contributed by atoms with Crippen molar-refractivity contribution in [3.63, 3.8) is 0 Å². The Labute approximate surface area is 210 Å². The maximum atomic E-state index is 14.2. The number of carbonyl (C=O) groups is 3. The van der Waals surface area contributed by atoms with E-state index in [1.807, 2.05) is 13.8 Å². The Morgan fingerprint density at radius 1 is 1.38 bits per heavy atom. The summed E-state index contributed by atoms with van der Waals surface area (Å²) in [4.78, 5) is 44.2. The molecule has 8 nitrogen and oxygen atoms in total. The summed E-state index contributed by atoms with van der Waals surface area (Å²) >= 11 is 3.64. The van der Waals surface area contributed by atoms with E-state index < -0.39 is 41.6 Å². The van der Waals surface area contributed by atoms with Gasteiger partial charge in [-0.05, 0) is 26.2 Å². The Kier molecular flexibility index (Phi) is 8.63. The molecule has 4 unspecified atom stereocenters. The number of halogens is 1. The van der Waals surface area contributed by atoms with Crippen LogP contribution in [0.2, 0.25) is 0 Å². The first-order chi connectivity index (χ1) is 16.2. The lowest BCUT2D eigenvalue weighted by Gasteiger charge is -2.40. The standard InChI is InChI=1S/C25H37BrN2O6/c1-6-10-15(5)27(11-7-2)23(31)21-25-13-17(26)20(34-25)18(24(32)33-12-8-3)19(25)22(30)28(21)16(9-4)14-29/h7-8,15-21,29H,2-3,6,9-14H2,1,4-5H3/t15?,16-,17?,18+,19-,20+,21?,25?/m0/s1. The maximum Gasteiger partial charge on any atom is 0.312 e. The van der Waals surface area contributed by atoms with Crippen molar-refractivity contribution in [2.24, 2.45) is 11.8 Å². The van der Waals surface area contributed by atoms with E-state index in [1.54, 1.807) is 11.0 Å². The molecule has 9 heteroatoms. The lowest BCUT2D eigenvalue weighted by Crippen LogP contribution is -2.60. The van der Waals surface area contributed by atoms with Crippen molar-refractivity contribution in [2.75, 3.05) is 19.8 Å². The van der Waals surface area contributed by atoms with Crippen molar-refractivity contribution >= 4 is 33.7 Å². The molecular weight excluding hydrogens is 504 g/mol. The largest absolute Gasteiger partial charge is 0.461 e. The highest BCUT2D eigenvalue weighted by atomic mass is 79.9. The Balaban J connectivity index is 2.10. The second-order valence-electron chi connectivity index (χ2n) is 9.49. The molecule has 3 fully saturated rings. The van der Waals surface area contributed by atoms with E-state index in [0.717, 1.165) is 12.8 Å². The first-order valence-corrected chi connectivity index (χ1v) is 13.1. The minimum atomic E-state index is -1.17. The van der Waals surface area contributed by atoms with Crippen LogP contribution in [0, 0.1) is 11.8 Å². The SMILES string of the molecule is C=CCOC(=O)[C@H]1[C@@H]2OC3(CC2Br)C(C(=O)N(CC=C)C(C)CCC)N([C@@H](CC)CO)C(=O)[C@H]13. The first kappa shape index (κ1) is 26.9. The third kappa shape index (κ3) is 4.24. The molecular formula is C25H37BrN2O6. The topological polar surface area (TPSA) is 96.4 Å². The van der Waals surface area contributed by atoms with Crippen LogP contribution in [0.15, 0.2) is 25.3 Å². The number of likely N-dealkylation sites (tertiary alicyclic amines) is 1. The molecule has 1 N–H and O–H groups in total. The quantitative estimate of drug-likeness (QED) is 0.232. The van der Waals surface area contributed by atoms with Gasteiger partial charge in [0.15, 0.2) is 0 Å². The minimum Gasteiger partial charge on any atom is -0.461 e. The molecule has 0 radical (unpaired) electrons. The fourth-order valence-corrected chi connectivity index (χ4v) is 6.96. The molecule has 3 saturated heterocycles. The molecule has 1 spiro atoms. The van der Waals surface area contributed by atoms with E-state index in [0.29, 0.717) is 19.4 Å². The van der Waals surface area contributed by atoms with Crippen molar-refractivity contribution in [3.8, 4) is 0 Å². The molecule has 3 aliphatic rings. The number of hydrogen-bond acceptors (Lipinski definition) is 6. The number of aliphatic hydroxyl groups is 1. The van der Waals surface area contributed by atoms with Gasteiger partial charge in [-0.25, -0.2) is 0 Å². The van der Waals surface area contributed by atoms with Crippen LogP contribution >= 0.6 is 15.9 Å². The van der Waals surface area contributed by atoms with E-state index in [-0.39, 0.29) is 35.9 Å². The summed E-state index contributed by atoms with van der Waals surface area (Å²) in [5.41, 5.74) is -1.17. The highest BCUT2D eigenvalue weighted by Crippen LogP contribution is 2.60. The van der Waals surface area contributed by atoms with Crippen LogP contribution < -0.4 is 0 Å². The smallest absolute Gasteiger partial charge is 0.312 e. The van der Waals surface area contributed by atoms with Crippen molar-refractivity contribution in [1.29, 1.82) is 0 Å². The number of alkyl halides is 1. The Hall–Kier alpha value is -1.71. The highest BCUT2D eigenvalue weighted by molar-refractivity contribution is 9.09. The van der Waals surface area contributed by atoms with E-state index in [9.17, 15) is 19.5 Å². The summed E-state index contributed by atoms with van der Waals surface area (Å²) in [6.45, 7) is 13.4. The molecule has 34 heavy (non-hydrogen) atoms. The molecule has 3 aliphatic heterocycles. The van der Waals surface area contributed by atoms with E-state index in [4.69, 9.17) is 9.47 Å². The fourth-order valence-electron chi connectivity index (χ4n) is 6.02. The number of rotatable bonds is 12. The number of fused-ring (bicyclic) bond motifs is 1. The predicted molar refractivity (Wildman–Crippen MR) is 131 cm³/mol. The van der Waals surface area contributed by atoms with Gasteiger partial charge in [-0.1, -0.05) is 54.9 Å². The zero-order valence-corrected chi connectivity index (χ0v) is 21.9. The van der Waals surface area contributed by atoms with Gasteiger partial charge in [0.2, 0.25) is 11.8 Å². The Morgan fingerprint density at radius 3 is 2.65 bits per heavy atom. The Bertz CT molecular complexity index is 817. The van der Waals surface area contributed by atoms with Gasteiger partial charge >= 0.3 is 5.97 Å². The van der Waals surface area contributed by atoms with E-state index >= 15 is 0 Å². The number of ether oxygens (including phenoxy) is 2. The molecule has 190 valence electrons. The first-order valence-electron chi connectivity index (χ1n) is 12.2. The zero-order valence-electron chi connectivity index (χ0n) is 20.3. The minimum absolute atomic E-state index is 0.0326.